The highest BCUT2D eigenvalue weighted by atomic mass is 32.2. The molecule has 1 rings (SSSR count). The van der Waals surface area contributed by atoms with Gasteiger partial charge in [-0.3, -0.25) is 9.52 Å². The van der Waals surface area contributed by atoms with E-state index in [0.717, 1.165) is 18.4 Å². The summed E-state index contributed by atoms with van der Waals surface area (Å²) >= 11 is 0. The Balaban J connectivity index is 3.22. The molecule has 1 aromatic rings. The summed E-state index contributed by atoms with van der Waals surface area (Å²) in [4.78, 5) is 10.3. The molecular weight excluding hydrogens is 351 g/mol. The van der Waals surface area contributed by atoms with Gasteiger partial charge in [-0.1, -0.05) is 6.92 Å². The zero-order valence-corrected chi connectivity index (χ0v) is 14.1. The number of rotatable bonds is 8. The molecule has 0 unspecified atom stereocenters. The molecule has 0 aromatic heterocycles. The number of benzene rings is 1. The van der Waals surface area contributed by atoms with Gasteiger partial charge in [-0.05, 0) is 24.6 Å². The van der Waals surface area contributed by atoms with Crippen LogP contribution in [0.2, 0.25) is 0 Å². The third kappa shape index (κ3) is 5.44. The quantitative estimate of drug-likeness (QED) is 0.696. The van der Waals surface area contributed by atoms with Crippen LogP contribution in [0.25, 0.3) is 0 Å². The second kappa shape index (κ2) is 7.23. The number of hydrogen-bond acceptors (Lipinski definition) is 5. The summed E-state index contributed by atoms with van der Waals surface area (Å²) in [6.07, 6.45) is 1.20. The normalized spacial score (nSPS) is 12.3. The van der Waals surface area contributed by atoms with Crippen LogP contribution in [0.15, 0.2) is 23.1 Å². The Labute approximate surface area is 134 Å². The van der Waals surface area contributed by atoms with Crippen molar-refractivity contribution in [2.75, 3.05) is 24.1 Å². The lowest BCUT2D eigenvalue weighted by Crippen LogP contribution is -2.36. The molecule has 0 radical (unpaired) electrons. The van der Waals surface area contributed by atoms with Crippen molar-refractivity contribution >= 4 is 31.7 Å². The van der Waals surface area contributed by atoms with E-state index >= 15 is 0 Å². The summed E-state index contributed by atoms with van der Waals surface area (Å²) in [5, 5.41) is 8.79. The van der Waals surface area contributed by atoms with Gasteiger partial charge in [0.1, 0.15) is 12.4 Å². The molecule has 0 aliphatic rings. The van der Waals surface area contributed by atoms with Crippen molar-refractivity contribution in [3.05, 3.63) is 24.0 Å². The van der Waals surface area contributed by atoms with Gasteiger partial charge in [0.05, 0.1) is 16.8 Å². The summed E-state index contributed by atoms with van der Waals surface area (Å²) in [6.45, 7) is 0.880. The summed E-state index contributed by atoms with van der Waals surface area (Å²) in [7, 11) is -7.92. The predicted octanol–water partition coefficient (Wildman–Crippen LogP) is 0.682. The van der Waals surface area contributed by atoms with Crippen LogP contribution in [0, 0.1) is 5.82 Å². The first-order chi connectivity index (χ1) is 10.5. The van der Waals surface area contributed by atoms with Gasteiger partial charge in [0.2, 0.25) is 20.0 Å². The third-order valence-electron chi connectivity index (χ3n) is 2.66. The summed E-state index contributed by atoms with van der Waals surface area (Å²) < 4.78 is 63.4. The minimum atomic E-state index is -4.21. The van der Waals surface area contributed by atoms with Crippen LogP contribution in [-0.4, -0.2) is 51.6 Å². The van der Waals surface area contributed by atoms with Crippen molar-refractivity contribution in [3.63, 3.8) is 0 Å². The van der Waals surface area contributed by atoms with E-state index in [1.54, 1.807) is 6.92 Å². The summed E-state index contributed by atoms with van der Waals surface area (Å²) in [5.74, 6) is -2.42. The van der Waals surface area contributed by atoms with Gasteiger partial charge < -0.3 is 5.11 Å². The molecule has 0 amide bonds. The smallest absolute Gasteiger partial charge is 0.318 e. The first-order valence-electron chi connectivity index (χ1n) is 6.46. The second-order valence-corrected chi connectivity index (χ2v) is 8.43. The topological polar surface area (TPSA) is 121 Å². The lowest BCUT2D eigenvalue weighted by atomic mass is 10.3. The maximum Gasteiger partial charge on any atom is 0.318 e. The lowest BCUT2D eigenvalue weighted by molar-refractivity contribution is -0.137. The highest BCUT2D eigenvalue weighted by molar-refractivity contribution is 7.92. The van der Waals surface area contributed by atoms with Crippen molar-refractivity contribution in [1.82, 2.24) is 4.31 Å². The summed E-state index contributed by atoms with van der Waals surface area (Å²) in [6, 6.07) is 2.62. The van der Waals surface area contributed by atoms with Crippen molar-refractivity contribution < 1.29 is 31.1 Å². The molecule has 0 saturated heterocycles. The van der Waals surface area contributed by atoms with Gasteiger partial charge in [0, 0.05) is 6.54 Å². The SMILES string of the molecule is CCCN(CC(=O)O)S(=O)(=O)c1ccc(NS(C)(=O)=O)c(F)c1. The fourth-order valence-electron chi connectivity index (χ4n) is 1.77. The molecule has 2 N–H and O–H groups in total. The van der Waals surface area contributed by atoms with E-state index in [4.69, 9.17) is 5.11 Å². The number of nitrogens with one attached hydrogen (secondary N) is 1. The average molecular weight is 368 g/mol. The third-order valence-corrected chi connectivity index (χ3v) is 5.09. The molecule has 0 aliphatic carbocycles. The molecule has 0 spiro atoms. The van der Waals surface area contributed by atoms with Crippen LogP contribution in [0.3, 0.4) is 0 Å². The number of carboxylic acids is 1. The number of hydrogen-bond donors (Lipinski definition) is 2. The van der Waals surface area contributed by atoms with Crippen LogP contribution < -0.4 is 4.72 Å². The molecule has 8 nitrogen and oxygen atoms in total. The molecule has 0 fully saturated rings. The van der Waals surface area contributed by atoms with Crippen LogP contribution in [0.4, 0.5) is 10.1 Å². The zero-order chi connectivity index (χ0) is 17.8. The molecule has 23 heavy (non-hydrogen) atoms. The first-order valence-corrected chi connectivity index (χ1v) is 9.80. The number of nitrogens with zero attached hydrogens (tertiary/aromatic N) is 1. The molecular formula is C12H17FN2O6S2. The van der Waals surface area contributed by atoms with Gasteiger partial charge in [-0.2, -0.15) is 4.31 Å². The molecule has 0 atom stereocenters. The highest BCUT2D eigenvalue weighted by Gasteiger charge is 2.27. The standard InChI is InChI=1S/C12H17FN2O6S2/c1-3-6-15(8-12(16)17)23(20,21)9-4-5-11(10(13)7-9)14-22(2,18)19/h4-5,7,14H,3,6,8H2,1-2H3,(H,16,17). The van der Waals surface area contributed by atoms with E-state index < -0.39 is 49.0 Å². The predicted molar refractivity (Wildman–Crippen MR) is 81.6 cm³/mol. The minimum absolute atomic E-state index is 0.0421. The van der Waals surface area contributed by atoms with Crippen molar-refractivity contribution in [2.45, 2.75) is 18.2 Å². The van der Waals surface area contributed by atoms with Gasteiger partial charge in [-0.15, -0.1) is 0 Å². The number of carboxylic acid groups (broad SMARTS) is 1. The maximum atomic E-state index is 13.9. The fourth-order valence-corrected chi connectivity index (χ4v) is 3.83. The molecule has 1 aromatic carbocycles. The Kier molecular flexibility index (Phi) is 6.08. The van der Waals surface area contributed by atoms with Gasteiger partial charge in [0.25, 0.3) is 0 Å². The minimum Gasteiger partial charge on any atom is -0.480 e. The van der Waals surface area contributed by atoms with E-state index in [-0.39, 0.29) is 6.54 Å². The number of aliphatic carboxylic acids is 1. The largest absolute Gasteiger partial charge is 0.480 e. The van der Waals surface area contributed by atoms with E-state index in [2.05, 4.69) is 0 Å². The second-order valence-electron chi connectivity index (χ2n) is 4.75. The molecule has 0 aliphatic heterocycles. The Hall–Kier alpha value is -1.72. The van der Waals surface area contributed by atoms with Crippen LogP contribution in [-0.2, 0) is 24.8 Å². The first kappa shape index (κ1) is 19.3. The van der Waals surface area contributed by atoms with Gasteiger partial charge >= 0.3 is 5.97 Å². The fraction of sp³-hybridized carbons (Fsp3) is 0.417. The van der Waals surface area contributed by atoms with Gasteiger partial charge in [-0.25, -0.2) is 21.2 Å². The van der Waals surface area contributed by atoms with Crippen LogP contribution in [0.1, 0.15) is 13.3 Å². The van der Waals surface area contributed by atoms with Crippen molar-refractivity contribution in [3.8, 4) is 0 Å². The molecule has 0 heterocycles. The van der Waals surface area contributed by atoms with Crippen molar-refractivity contribution in [2.24, 2.45) is 0 Å². The highest BCUT2D eigenvalue weighted by Crippen LogP contribution is 2.22. The van der Waals surface area contributed by atoms with E-state index in [0.29, 0.717) is 16.8 Å². The van der Waals surface area contributed by atoms with Crippen molar-refractivity contribution in [1.29, 1.82) is 0 Å². The van der Waals surface area contributed by atoms with E-state index in [1.165, 1.54) is 0 Å². The number of carbonyl (C=O) groups is 1. The Morgan fingerprint density at radius 1 is 1.30 bits per heavy atom. The molecule has 11 heteroatoms. The molecule has 130 valence electrons. The monoisotopic (exact) mass is 368 g/mol. The van der Waals surface area contributed by atoms with Crippen LogP contribution in [0.5, 0.6) is 0 Å². The Morgan fingerprint density at radius 3 is 2.35 bits per heavy atom. The average Bonchev–Trinajstić information content (AvgIpc) is 2.38. The number of anilines is 1. The Morgan fingerprint density at radius 2 is 1.91 bits per heavy atom. The number of sulfonamides is 2. The van der Waals surface area contributed by atoms with E-state index in [9.17, 15) is 26.0 Å². The lowest BCUT2D eigenvalue weighted by Gasteiger charge is -2.20. The summed E-state index contributed by atoms with van der Waals surface area (Å²) in [5.41, 5.74) is -0.397. The molecule has 0 saturated carbocycles. The Bertz CT molecular complexity index is 792. The van der Waals surface area contributed by atoms with Crippen LogP contribution >= 0.6 is 0 Å². The molecule has 0 bridgehead atoms. The number of halogens is 1. The van der Waals surface area contributed by atoms with Gasteiger partial charge in [0.15, 0.2) is 0 Å². The zero-order valence-electron chi connectivity index (χ0n) is 12.5. The maximum absolute atomic E-state index is 13.9. The van der Waals surface area contributed by atoms with E-state index in [1.807, 2.05) is 4.72 Å².